The van der Waals surface area contributed by atoms with Gasteiger partial charge in [0.1, 0.15) is 0 Å². The lowest BCUT2D eigenvalue weighted by molar-refractivity contribution is -0.141. The molecule has 0 bridgehead atoms. The molecule has 0 saturated carbocycles. The van der Waals surface area contributed by atoms with Crippen molar-refractivity contribution in [3.8, 4) is 10.6 Å². The fraction of sp³-hybridized carbons (Fsp3) is 0.467. The van der Waals surface area contributed by atoms with Crippen LogP contribution in [-0.4, -0.2) is 48.1 Å². The molecule has 0 radical (unpaired) electrons. The van der Waals surface area contributed by atoms with Crippen molar-refractivity contribution in [2.45, 2.75) is 13.1 Å². The van der Waals surface area contributed by atoms with Crippen LogP contribution in [0.4, 0.5) is 19.1 Å². The van der Waals surface area contributed by atoms with Gasteiger partial charge in [0.25, 0.3) is 0 Å². The van der Waals surface area contributed by atoms with E-state index in [1.165, 1.54) is 11.3 Å². The zero-order chi connectivity index (χ0) is 16.6. The SMILES string of the molecule is Cc1ccc(-c2cc(C(F)(F)F)nc(N3CCN(C)CC3)n2)s1. The standard InChI is InChI=1S/C15H17F3N4S/c1-10-3-4-12(23-10)11-9-13(15(16,17)18)20-14(19-11)22-7-5-21(2)6-8-22/h3-4,9H,5-8H2,1-2H3. The van der Waals surface area contributed by atoms with Crippen LogP contribution in [-0.2, 0) is 6.18 Å². The Bertz CT molecular complexity index is 690. The molecule has 0 spiro atoms. The molecular formula is C15H17F3N4S. The molecule has 3 rings (SSSR count). The van der Waals surface area contributed by atoms with Gasteiger partial charge in [0.2, 0.25) is 5.95 Å². The topological polar surface area (TPSA) is 32.3 Å². The third kappa shape index (κ3) is 3.64. The van der Waals surface area contributed by atoms with Gasteiger partial charge < -0.3 is 9.80 Å². The molecule has 1 aliphatic rings. The van der Waals surface area contributed by atoms with Gasteiger partial charge in [-0.3, -0.25) is 0 Å². The highest BCUT2D eigenvalue weighted by Gasteiger charge is 2.34. The zero-order valence-electron chi connectivity index (χ0n) is 12.9. The minimum atomic E-state index is -4.48. The molecule has 1 saturated heterocycles. The molecular weight excluding hydrogens is 325 g/mol. The summed E-state index contributed by atoms with van der Waals surface area (Å²) in [5.74, 6) is 0.161. The predicted octanol–water partition coefficient (Wildman–Crippen LogP) is 3.28. The van der Waals surface area contributed by atoms with Crippen LogP contribution >= 0.6 is 11.3 Å². The second kappa shape index (κ2) is 6.09. The Hall–Kier alpha value is -1.67. The number of hydrogen-bond acceptors (Lipinski definition) is 5. The number of thiophene rings is 1. The van der Waals surface area contributed by atoms with Crippen molar-refractivity contribution < 1.29 is 13.2 Å². The van der Waals surface area contributed by atoms with E-state index >= 15 is 0 Å². The number of aryl methyl sites for hydroxylation is 1. The number of halogens is 3. The van der Waals surface area contributed by atoms with Gasteiger partial charge in [0, 0.05) is 31.1 Å². The van der Waals surface area contributed by atoms with Crippen LogP contribution in [0.3, 0.4) is 0 Å². The fourth-order valence-corrected chi connectivity index (χ4v) is 3.25. The maximum Gasteiger partial charge on any atom is 0.433 e. The molecule has 0 unspecified atom stereocenters. The van der Waals surface area contributed by atoms with Crippen LogP contribution in [0.2, 0.25) is 0 Å². The highest BCUT2D eigenvalue weighted by atomic mass is 32.1. The molecule has 23 heavy (non-hydrogen) atoms. The molecule has 0 atom stereocenters. The van der Waals surface area contributed by atoms with E-state index in [2.05, 4.69) is 14.9 Å². The van der Waals surface area contributed by atoms with Crippen molar-refractivity contribution in [3.05, 3.63) is 28.8 Å². The lowest BCUT2D eigenvalue weighted by Crippen LogP contribution is -2.45. The van der Waals surface area contributed by atoms with Crippen LogP contribution in [0, 0.1) is 6.92 Å². The number of likely N-dealkylation sites (N-methyl/N-ethyl adjacent to an activating group) is 1. The zero-order valence-corrected chi connectivity index (χ0v) is 13.7. The van der Waals surface area contributed by atoms with Crippen LogP contribution < -0.4 is 4.90 Å². The van der Waals surface area contributed by atoms with E-state index in [4.69, 9.17) is 0 Å². The molecule has 8 heteroatoms. The van der Waals surface area contributed by atoms with E-state index < -0.39 is 11.9 Å². The van der Waals surface area contributed by atoms with Gasteiger partial charge in [0.05, 0.1) is 10.6 Å². The van der Waals surface area contributed by atoms with Crippen molar-refractivity contribution in [2.75, 3.05) is 38.1 Å². The Morgan fingerprint density at radius 2 is 1.78 bits per heavy atom. The number of anilines is 1. The lowest BCUT2D eigenvalue weighted by atomic mass is 10.2. The van der Waals surface area contributed by atoms with Crippen LogP contribution in [0.25, 0.3) is 10.6 Å². The lowest BCUT2D eigenvalue weighted by Gasteiger charge is -2.32. The summed E-state index contributed by atoms with van der Waals surface area (Å²) in [6.45, 7) is 4.74. The number of piperazine rings is 1. The van der Waals surface area contributed by atoms with Gasteiger partial charge in [-0.15, -0.1) is 11.3 Å². The van der Waals surface area contributed by atoms with Crippen molar-refractivity contribution in [2.24, 2.45) is 0 Å². The number of nitrogens with zero attached hydrogens (tertiary/aromatic N) is 4. The Kier molecular flexibility index (Phi) is 4.29. The number of aromatic nitrogens is 2. The molecule has 1 aliphatic heterocycles. The Morgan fingerprint density at radius 1 is 1.09 bits per heavy atom. The van der Waals surface area contributed by atoms with Gasteiger partial charge in [-0.05, 0) is 32.2 Å². The summed E-state index contributed by atoms with van der Waals surface area (Å²) in [6.07, 6.45) is -4.48. The van der Waals surface area contributed by atoms with Crippen LogP contribution in [0.15, 0.2) is 18.2 Å². The first-order valence-electron chi connectivity index (χ1n) is 7.29. The molecule has 3 heterocycles. The van der Waals surface area contributed by atoms with Gasteiger partial charge >= 0.3 is 6.18 Å². The van der Waals surface area contributed by atoms with Crippen molar-refractivity contribution in [1.82, 2.24) is 14.9 Å². The third-order valence-corrected chi connectivity index (χ3v) is 4.81. The molecule has 2 aromatic rings. The van der Waals surface area contributed by atoms with E-state index in [-0.39, 0.29) is 5.95 Å². The van der Waals surface area contributed by atoms with Gasteiger partial charge in [0.15, 0.2) is 5.69 Å². The monoisotopic (exact) mass is 342 g/mol. The molecule has 0 aliphatic carbocycles. The van der Waals surface area contributed by atoms with E-state index in [1.54, 1.807) is 6.07 Å². The maximum atomic E-state index is 13.2. The van der Waals surface area contributed by atoms with Crippen LogP contribution in [0.5, 0.6) is 0 Å². The summed E-state index contributed by atoms with van der Waals surface area (Å²) in [5, 5.41) is 0. The molecule has 0 amide bonds. The molecule has 1 fully saturated rings. The summed E-state index contributed by atoms with van der Waals surface area (Å²) in [5.41, 5.74) is -0.554. The molecule has 2 aromatic heterocycles. The fourth-order valence-electron chi connectivity index (χ4n) is 2.43. The highest BCUT2D eigenvalue weighted by Crippen LogP contribution is 2.34. The molecule has 124 valence electrons. The van der Waals surface area contributed by atoms with Gasteiger partial charge in [-0.1, -0.05) is 0 Å². The summed E-state index contributed by atoms with van der Waals surface area (Å²) in [7, 11) is 1.99. The van der Waals surface area contributed by atoms with E-state index in [0.29, 0.717) is 18.8 Å². The number of alkyl halides is 3. The summed E-state index contributed by atoms with van der Waals surface area (Å²) >= 11 is 1.43. The number of hydrogen-bond donors (Lipinski definition) is 0. The predicted molar refractivity (Wildman–Crippen MR) is 84.8 cm³/mol. The highest BCUT2D eigenvalue weighted by molar-refractivity contribution is 7.15. The maximum absolute atomic E-state index is 13.2. The van der Waals surface area contributed by atoms with Crippen molar-refractivity contribution in [1.29, 1.82) is 0 Å². The first-order valence-corrected chi connectivity index (χ1v) is 8.11. The van der Waals surface area contributed by atoms with E-state index in [0.717, 1.165) is 28.9 Å². The smallest absolute Gasteiger partial charge is 0.338 e. The summed E-state index contributed by atoms with van der Waals surface area (Å²) in [4.78, 5) is 13.9. The summed E-state index contributed by atoms with van der Waals surface area (Å²) in [6, 6.07) is 4.71. The minimum Gasteiger partial charge on any atom is -0.338 e. The minimum absolute atomic E-state index is 0.161. The normalized spacial score (nSPS) is 16.8. The van der Waals surface area contributed by atoms with Crippen molar-refractivity contribution >= 4 is 17.3 Å². The quantitative estimate of drug-likeness (QED) is 0.838. The van der Waals surface area contributed by atoms with Gasteiger partial charge in [-0.25, -0.2) is 9.97 Å². The third-order valence-electron chi connectivity index (χ3n) is 3.78. The van der Waals surface area contributed by atoms with E-state index in [1.807, 2.05) is 24.9 Å². The molecule has 0 N–H and O–H groups in total. The second-order valence-electron chi connectivity index (χ2n) is 5.64. The first-order chi connectivity index (χ1) is 10.8. The largest absolute Gasteiger partial charge is 0.433 e. The molecule has 4 nitrogen and oxygen atoms in total. The van der Waals surface area contributed by atoms with Crippen LogP contribution in [0.1, 0.15) is 10.6 Å². The Balaban J connectivity index is 2.01. The number of rotatable bonds is 2. The Labute approximate surface area is 136 Å². The average Bonchev–Trinajstić information content (AvgIpc) is 2.93. The second-order valence-corrected chi connectivity index (χ2v) is 6.92. The summed E-state index contributed by atoms with van der Waals surface area (Å²) < 4.78 is 39.6. The molecule has 0 aromatic carbocycles. The average molecular weight is 342 g/mol. The van der Waals surface area contributed by atoms with E-state index in [9.17, 15) is 13.2 Å². The van der Waals surface area contributed by atoms with Crippen molar-refractivity contribution in [3.63, 3.8) is 0 Å². The first kappa shape index (κ1) is 16.2. The van der Waals surface area contributed by atoms with Gasteiger partial charge in [-0.2, -0.15) is 13.2 Å². The Morgan fingerprint density at radius 3 is 2.35 bits per heavy atom.